The summed E-state index contributed by atoms with van der Waals surface area (Å²) in [4.78, 5) is 23.9. The van der Waals surface area contributed by atoms with Crippen molar-refractivity contribution >= 4 is 23.7 Å². The van der Waals surface area contributed by atoms with E-state index in [2.05, 4.69) is 53.7 Å². The molecule has 0 amide bonds. The standard InChI is InChI=1S/2C14H16O/c2*1-14(2,3)12-8-10-6-4-5-7-11(10)9-13(12)15/h2*4-8H,9H2,1-3H3. The minimum absolute atomic E-state index is 0.0510. The van der Waals surface area contributed by atoms with Gasteiger partial charge in [-0.25, -0.2) is 0 Å². The van der Waals surface area contributed by atoms with E-state index in [0.29, 0.717) is 12.8 Å². The molecule has 0 heterocycles. The Balaban J connectivity index is 0.000000171. The summed E-state index contributed by atoms with van der Waals surface area (Å²) >= 11 is 0. The Hall–Kier alpha value is -2.74. The van der Waals surface area contributed by atoms with Gasteiger partial charge in [0.2, 0.25) is 0 Å². The van der Waals surface area contributed by atoms with Crippen LogP contribution in [0.5, 0.6) is 0 Å². The summed E-state index contributed by atoms with van der Waals surface area (Å²) in [6.07, 6.45) is 5.20. The summed E-state index contributed by atoms with van der Waals surface area (Å²) in [5.41, 5.74) is 6.48. The number of carbonyl (C=O) groups excluding carboxylic acids is 2. The van der Waals surface area contributed by atoms with E-state index in [0.717, 1.165) is 22.3 Å². The Labute approximate surface area is 180 Å². The van der Waals surface area contributed by atoms with E-state index in [1.807, 2.05) is 48.6 Å². The van der Waals surface area contributed by atoms with Crippen LogP contribution in [0, 0.1) is 10.8 Å². The molecule has 0 atom stereocenters. The van der Waals surface area contributed by atoms with Crippen LogP contribution in [0.2, 0.25) is 0 Å². The molecule has 0 unspecified atom stereocenters. The van der Waals surface area contributed by atoms with Crippen LogP contribution in [0.25, 0.3) is 12.2 Å². The van der Waals surface area contributed by atoms with Gasteiger partial charge in [0, 0.05) is 24.0 Å². The number of ketones is 2. The lowest BCUT2D eigenvalue weighted by Crippen LogP contribution is -2.22. The Bertz CT molecular complexity index is 951. The van der Waals surface area contributed by atoms with Crippen molar-refractivity contribution in [2.45, 2.75) is 54.4 Å². The van der Waals surface area contributed by atoms with Gasteiger partial charge in [-0.3, -0.25) is 9.59 Å². The fraction of sp³-hybridized carbons (Fsp3) is 0.357. The molecule has 0 saturated heterocycles. The van der Waals surface area contributed by atoms with Gasteiger partial charge in [-0.05, 0) is 45.2 Å². The van der Waals surface area contributed by atoms with Crippen LogP contribution < -0.4 is 0 Å². The van der Waals surface area contributed by atoms with Crippen molar-refractivity contribution < 1.29 is 9.59 Å². The molecule has 2 aliphatic carbocycles. The van der Waals surface area contributed by atoms with Gasteiger partial charge in [-0.15, -0.1) is 0 Å². The molecule has 0 saturated carbocycles. The zero-order valence-electron chi connectivity index (χ0n) is 19.0. The van der Waals surface area contributed by atoms with E-state index in [-0.39, 0.29) is 22.4 Å². The molecule has 0 N–H and O–H groups in total. The van der Waals surface area contributed by atoms with Crippen molar-refractivity contribution in [3.63, 3.8) is 0 Å². The average Bonchev–Trinajstić information content (AvgIpc) is 2.65. The third-order valence-corrected chi connectivity index (χ3v) is 5.63. The Kier molecular flexibility index (Phi) is 5.99. The molecule has 2 nitrogen and oxygen atoms in total. The van der Waals surface area contributed by atoms with Gasteiger partial charge in [-0.2, -0.15) is 0 Å². The van der Waals surface area contributed by atoms with Gasteiger partial charge < -0.3 is 0 Å². The van der Waals surface area contributed by atoms with E-state index in [1.165, 1.54) is 11.1 Å². The first-order valence-electron chi connectivity index (χ1n) is 10.6. The van der Waals surface area contributed by atoms with Crippen molar-refractivity contribution in [2.24, 2.45) is 10.8 Å². The van der Waals surface area contributed by atoms with Gasteiger partial charge in [0.05, 0.1) is 0 Å². The quantitative estimate of drug-likeness (QED) is 0.507. The molecule has 2 aromatic carbocycles. The van der Waals surface area contributed by atoms with E-state index in [4.69, 9.17) is 0 Å². The molecule has 2 aromatic rings. The molecule has 2 heteroatoms. The summed E-state index contributed by atoms with van der Waals surface area (Å²) in [5.74, 6) is 0.530. The number of allylic oxidation sites excluding steroid dienone is 2. The van der Waals surface area contributed by atoms with Crippen molar-refractivity contribution in [1.29, 1.82) is 0 Å². The average molecular weight is 401 g/mol. The SMILES string of the molecule is CC(C)(C)C1=Cc2ccccc2CC1=O.CC(C)(C)C1=Cc2ccccc2CC1=O. The van der Waals surface area contributed by atoms with Crippen LogP contribution in [-0.2, 0) is 22.4 Å². The Morgan fingerprint density at radius 1 is 0.567 bits per heavy atom. The van der Waals surface area contributed by atoms with Crippen LogP contribution in [0.15, 0.2) is 59.7 Å². The largest absolute Gasteiger partial charge is 0.294 e. The lowest BCUT2D eigenvalue weighted by atomic mass is 9.78. The summed E-state index contributed by atoms with van der Waals surface area (Å²) in [6.45, 7) is 12.5. The molecule has 0 spiro atoms. The number of carbonyl (C=O) groups is 2. The van der Waals surface area contributed by atoms with Gasteiger partial charge in [0.1, 0.15) is 0 Å². The topological polar surface area (TPSA) is 34.1 Å². The molecular weight excluding hydrogens is 368 g/mol. The van der Waals surface area contributed by atoms with E-state index >= 15 is 0 Å². The lowest BCUT2D eigenvalue weighted by molar-refractivity contribution is -0.116. The van der Waals surface area contributed by atoms with Crippen LogP contribution in [0.3, 0.4) is 0 Å². The second-order valence-corrected chi connectivity index (χ2v) is 10.2. The maximum absolute atomic E-state index is 11.9. The number of benzene rings is 2. The van der Waals surface area contributed by atoms with Crippen LogP contribution in [0.1, 0.15) is 63.8 Å². The molecule has 2 aliphatic rings. The van der Waals surface area contributed by atoms with Gasteiger partial charge in [-0.1, -0.05) is 90.1 Å². The van der Waals surface area contributed by atoms with Crippen molar-refractivity contribution in [1.82, 2.24) is 0 Å². The van der Waals surface area contributed by atoms with Gasteiger partial charge in [0.25, 0.3) is 0 Å². The predicted octanol–water partition coefficient (Wildman–Crippen LogP) is 6.48. The second kappa shape index (κ2) is 8.18. The maximum Gasteiger partial charge on any atom is 0.163 e. The second-order valence-electron chi connectivity index (χ2n) is 10.2. The highest BCUT2D eigenvalue weighted by Crippen LogP contribution is 2.34. The van der Waals surface area contributed by atoms with Crippen LogP contribution >= 0.6 is 0 Å². The maximum atomic E-state index is 11.9. The van der Waals surface area contributed by atoms with Crippen LogP contribution in [0.4, 0.5) is 0 Å². The zero-order valence-corrected chi connectivity index (χ0v) is 19.0. The third-order valence-electron chi connectivity index (χ3n) is 5.63. The number of rotatable bonds is 0. The highest BCUT2D eigenvalue weighted by atomic mass is 16.1. The molecular formula is C28H32O2. The summed E-state index contributed by atoms with van der Waals surface area (Å²) in [7, 11) is 0. The Morgan fingerprint density at radius 3 is 1.23 bits per heavy atom. The van der Waals surface area contributed by atoms with Crippen molar-refractivity contribution in [2.75, 3.05) is 0 Å². The first-order chi connectivity index (χ1) is 14.0. The summed E-state index contributed by atoms with van der Waals surface area (Å²) in [5, 5.41) is 0. The monoisotopic (exact) mass is 400 g/mol. The molecule has 0 fully saturated rings. The molecule has 0 aromatic heterocycles. The molecule has 156 valence electrons. The third kappa shape index (κ3) is 4.87. The predicted molar refractivity (Wildman–Crippen MR) is 125 cm³/mol. The number of hydrogen-bond donors (Lipinski definition) is 0. The first-order valence-corrected chi connectivity index (χ1v) is 10.6. The molecule has 0 radical (unpaired) electrons. The number of hydrogen-bond acceptors (Lipinski definition) is 2. The van der Waals surface area contributed by atoms with Gasteiger partial charge in [0.15, 0.2) is 11.6 Å². The fourth-order valence-corrected chi connectivity index (χ4v) is 3.95. The number of Topliss-reactive ketones (excluding diaryl/α,β-unsaturated/α-hetero) is 2. The molecule has 4 rings (SSSR count). The highest BCUT2D eigenvalue weighted by molar-refractivity contribution is 6.05. The van der Waals surface area contributed by atoms with Gasteiger partial charge >= 0.3 is 0 Å². The first kappa shape index (κ1) is 22.0. The van der Waals surface area contributed by atoms with Crippen molar-refractivity contribution in [3.05, 3.63) is 81.9 Å². The minimum atomic E-state index is -0.0510. The summed E-state index contributed by atoms with van der Waals surface area (Å²) < 4.78 is 0. The molecule has 30 heavy (non-hydrogen) atoms. The smallest absolute Gasteiger partial charge is 0.163 e. The van der Waals surface area contributed by atoms with E-state index < -0.39 is 0 Å². The zero-order chi connectivity index (χ0) is 22.1. The van der Waals surface area contributed by atoms with E-state index in [9.17, 15) is 9.59 Å². The number of fused-ring (bicyclic) bond motifs is 2. The molecule has 0 aliphatic heterocycles. The molecule has 0 bridgehead atoms. The lowest BCUT2D eigenvalue weighted by Gasteiger charge is -2.25. The normalized spacial score (nSPS) is 15.9. The van der Waals surface area contributed by atoms with Crippen molar-refractivity contribution in [3.8, 4) is 0 Å². The highest BCUT2D eigenvalue weighted by Gasteiger charge is 2.28. The summed E-state index contributed by atoms with van der Waals surface area (Å²) in [6, 6.07) is 16.2. The minimum Gasteiger partial charge on any atom is -0.294 e. The van der Waals surface area contributed by atoms with E-state index in [1.54, 1.807) is 0 Å². The fourth-order valence-electron chi connectivity index (χ4n) is 3.95. The Morgan fingerprint density at radius 2 is 0.900 bits per heavy atom. The van der Waals surface area contributed by atoms with Crippen LogP contribution in [-0.4, -0.2) is 11.6 Å².